The van der Waals surface area contributed by atoms with Crippen molar-refractivity contribution >= 4 is 43.2 Å². The van der Waals surface area contributed by atoms with Crippen LogP contribution in [0.25, 0.3) is 20.3 Å². The normalized spacial score (nSPS) is 10.9. The van der Waals surface area contributed by atoms with Gasteiger partial charge < -0.3 is 0 Å². The maximum atomic E-state index is 12.1. The second kappa shape index (κ2) is 4.09. The summed E-state index contributed by atoms with van der Waals surface area (Å²) in [6.07, 6.45) is 1.39. The number of halogens is 1. The van der Waals surface area contributed by atoms with E-state index in [2.05, 4.69) is 4.98 Å². The Hall–Kier alpha value is -1.90. The van der Waals surface area contributed by atoms with Crippen molar-refractivity contribution in [3.63, 3.8) is 0 Å². The highest BCUT2D eigenvalue weighted by molar-refractivity contribution is 7.25. The summed E-state index contributed by atoms with van der Waals surface area (Å²) >= 11 is 7.49. The third-order valence-corrected chi connectivity index (χ3v) is 4.11. The van der Waals surface area contributed by atoms with Gasteiger partial charge >= 0.3 is 0 Å². The maximum Gasteiger partial charge on any atom is 0.272 e. The van der Waals surface area contributed by atoms with Gasteiger partial charge in [0.25, 0.3) is 5.56 Å². The molecule has 0 aliphatic heterocycles. The zero-order valence-electron chi connectivity index (χ0n) is 9.05. The van der Waals surface area contributed by atoms with Crippen LogP contribution in [0.2, 0.25) is 5.02 Å². The first-order chi connectivity index (χ1) is 8.72. The predicted octanol–water partition coefficient (Wildman–Crippen LogP) is 2.79. The number of rotatable bonds is 1. The van der Waals surface area contributed by atoms with Crippen molar-refractivity contribution in [2.45, 2.75) is 6.54 Å². The molecule has 0 radical (unpaired) electrons. The van der Waals surface area contributed by atoms with Crippen molar-refractivity contribution in [3.05, 3.63) is 39.9 Å². The number of nitrogens with zero attached hydrogens (tertiary/aromatic N) is 3. The molecule has 0 spiro atoms. The molecule has 0 fully saturated rings. The van der Waals surface area contributed by atoms with Crippen LogP contribution in [-0.4, -0.2) is 9.55 Å². The monoisotopic (exact) mass is 275 g/mol. The van der Waals surface area contributed by atoms with Crippen LogP contribution in [0.4, 0.5) is 0 Å². The molecule has 0 aliphatic carbocycles. The average Bonchev–Trinajstić information content (AvgIpc) is 2.74. The molecule has 0 amide bonds. The van der Waals surface area contributed by atoms with E-state index < -0.39 is 0 Å². The molecule has 0 N–H and O–H groups in total. The highest BCUT2D eigenvalue weighted by atomic mass is 35.5. The van der Waals surface area contributed by atoms with E-state index in [1.807, 2.05) is 18.2 Å². The van der Waals surface area contributed by atoms with Gasteiger partial charge in [0.05, 0.1) is 22.9 Å². The van der Waals surface area contributed by atoms with Crippen LogP contribution in [0.3, 0.4) is 0 Å². The molecule has 88 valence electrons. The van der Waals surface area contributed by atoms with Crippen LogP contribution >= 0.6 is 22.9 Å². The van der Waals surface area contributed by atoms with E-state index in [0.29, 0.717) is 15.2 Å². The molecule has 0 aliphatic rings. The van der Waals surface area contributed by atoms with Gasteiger partial charge in [-0.1, -0.05) is 17.7 Å². The van der Waals surface area contributed by atoms with Gasteiger partial charge in [-0.15, -0.1) is 11.3 Å². The third-order valence-electron chi connectivity index (χ3n) is 2.66. The smallest absolute Gasteiger partial charge is 0.272 e. The third kappa shape index (κ3) is 1.50. The Morgan fingerprint density at radius 3 is 3.11 bits per heavy atom. The molecule has 6 heteroatoms. The molecular formula is C12H6ClN3OS. The van der Waals surface area contributed by atoms with E-state index in [0.717, 1.165) is 10.1 Å². The van der Waals surface area contributed by atoms with Gasteiger partial charge in [0.15, 0.2) is 0 Å². The van der Waals surface area contributed by atoms with Gasteiger partial charge in [0.1, 0.15) is 11.2 Å². The van der Waals surface area contributed by atoms with Crippen LogP contribution in [0, 0.1) is 11.3 Å². The first kappa shape index (κ1) is 11.2. The van der Waals surface area contributed by atoms with E-state index in [1.54, 1.807) is 6.07 Å². The summed E-state index contributed by atoms with van der Waals surface area (Å²) in [5.74, 6) is 0. The minimum atomic E-state index is -0.196. The summed E-state index contributed by atoms with van der Waals surface area (Å²) in [5, 5.41) is 10.0. The van der Waals surface area contributed by atoms with Crippen LogP contribution in [0.5, 0.6) is 0 Å². The number of nitriles is 1. The lowest BCUT2D eigenvalue weighted by atomic mass is 10.2. The van der Waals surface area contributed by atoms with Crippen molar-refractivity contribution in [1.82, 2.24) is 9.55 Å². The van der Waals surface area contributed by atoms with Gasteiger partial charge in [-0.25, -0.2) is 4.98 Å². The van der Waals surface area contributed by atoms with Crippen molar-refractivity contribution in [1.29, 1.82) is 5.26 Å². The molecule has 3 rings (SSSR count). The zero-order chi connectivity index (χ0) is 12.7. The Kier molecular flexibility index (Phi) is 2.54. The fourth-order valence-corrected chi connectivity index (χ4v) is 3.31. The van der Waals surface area contributed by atoms with E-state index >= 15 is 0 Å². The lowest BCUT2D eigenvalue weighted by Gasteiger charge is -1.98. The number of aromatic nitrogens is 2. The summed E-state index contributed by atoms with van der Waals surface area (Å²) in [5.41, 5.74) is 0.415. The average molecular weight is 276 g/mol. The second-order valence-corrected chi connectivity index (χ2v) is 5.19. The quantitative estimate of drug-likeness (QED) is 0.686. The summed E-state index contributed by atoms with van der Waals surface area (Å²) in [6, 6.07) is 7.46. The molecule has 3 aromatic rings. The van der Waals surface area contributed by atoms with Crippen LogP contribution in [0.15, 0.2) is 29.3 Å². The number of hydrogen-bond acceptors (Lipinski definition) is 4. The molecule has 1 aromatic carbocycles. The predicted molar refractivity (Wildman–Crippen MR) is 72.0 cm³/mol. The van der Waals surface area contributed by atoms with Crippen molar-refractivity contribution < 1.29 is 0 Å². The Morgan fingerprint density at radius 1 is 1.50 bits per heavy atom. The van der Waals surface area contributed by atoms with Crippen molar-refractivity contribution in [3.8, 4) is 6.07 Å². The SMILES string of the molecule is N#CCn1cnc2c(sc3cccc(Cl)c32)c1=O. The fourth-order valence-electron chi connectivity index (χ4n) is 1.86. The van der Waals surface area contributed by atoms with E-state index in [-0.39, 0.29) is 12.1 Å². The first-order valence-corrected chi connectivity index (χ1v) is 6.35. The van der Waals surface area contributed by atoms with Gasteiger partial charge in [0.2, 0.25) is 0 Å². The highest BCUT2D eigenvalue weighted by Crippen LogP contribution is 2.34. The summed E-state index contributed by atoms with van der Waals surface area (Å²) in [4.78, 5) is 16.4. The molecule has 18 heavy (non-hydrogen) atoms. The number of hydrogen-bond donors (Lipinski definition) is 0. The van der Waals surface area contributed by atoms with E-state index in [4.69, 9.17) is 16.9 Å². The Bertz CT molecular complexity index is 859. The lowest BCUT2D eigenvalue weighted by molar-refractivity contribution is 0.777. The Balaban J connectivity index is 2.49. The number of thiophene rings is 1. The Labute approximate surface area is 111 Å². The second-order valence-electron chi connectivity index (χ2n) is 3.73. The Morgan fingerprint density at radius 2 is 2.33 bits per heavy atom. The molecule has 4 nitrogen and oxygen atoms in total. The van der Waals surface area contributed by atoms with Crippen molar-refractivity contribution in [2.75, 3.05) is 0 Å². The van der Waals surface area contributed by atoms with Gasteiger partial charge in [-0.2, -0.15) is 5.26 Å². The molecule has 0 saturated heterocycles. The van der Waals surface area contributed by atoms with Crippen molar-refractivity contribution in [2.24, 2.45) is 0 Å². The summed E-state index contributed by atoms with van der Waals surface area (Å²) in [7, 11) is 0. The number of fused-ring (bicyclic) bond motifs is 3. The van der Waals surface area contributed by atoms with E-state index in [9.17, 15) is 4.79 Å². The molecule has 0 unspecified atom stereocenters. The van der Waals surface area contributed by atoms with Crippen LogP contribution in [0.1, 0.15) is 0 Å². The van der Waals surface area contributed by atoms with E-state index in [1.165, 1.54) is 22.2 Å². The minimum absolute atomic E-state index is 0.00372. The minimum Gasteiger partial charge on any atom is -0.284 e. The molecule has 0 saturated carbocycles. The highest BCUT2D eigenvalue weighted by Gasteiger charge is 2.13. The summed E-state index contributed by atoms with van der Waals surface area (Å²) in [6.45, 7) is 0.00372. The molecule has 2 heterocycles. The molecule has 0 bridgehead atoms. The van der Waals surface area contributed by atoms with Gasteiger partial charge in [-0.3, -0.25) is 9.36 Å². The van der Waals surface area contributed by atoms with Crippen LogP contribution < -0.4 is 5.56 Å². The van der Waals surface area contributed by atoms with Crippen LogP contribution in [-0.2, 0) is 6.54 Å². The maximum absolute atomic E-state index is 12.1. The van der Waals surface area contributed by atoms with Gasteiger partial charge in [0, 0.05) is 10.1 Å². The number of benzene rings is 1. The molecule has 0 atom stereocenters. The zero-order valence-corrected chi connectivity index (χ0v) is 10.6. The largest absolute Gasteiger partial charge is 0.284 e. The topological polar surface area (TPSA) is 58.7 Å². The molecular weight excluding hydrogens is 270 g/mol. The fraction of sp³-hybridized carbons (Fsp3) is 0.0833. The first-order valence-electron chi connectivity index (χ1n) is 5.15. The summed E-state index contributed by atoms with van der Waals surface area (Å²) < 4.78 is 2.76. The standard InChI is InChI=1S/C12H6ClN3OS/c13-7-2-1-3-8-9(7)10-11(18-8)12(17)16(5-4-14)6-15-10/h1-3,6H,5H2. The molecule has 2 aromatic heterocycles. The van der Waals surface area contributed by atoms with Gasteiger partial charge in [-0.05, 0) is 12.1 Å². The lowest BCUT2D eigenvalue weighted by Crippen LogP contribution is -2.18.